The van der Waals surface area contributed by atoms with Crippen LogP contribution >= 0.6 is 23.2 Å². The van der Waals surface area contributed by atoms with Crippen LogP contribution in [0.5, 0.6) is 0 Å². The van der Waals surface area contributed by atoms with Crippen LogP contribution in [0.1, 0.15) is 45.4 Å². The van der Waals surface area contributed by atoms with Gasteiger partial charge < -0.3 is 0 Å². The average molecular weight is 259 g/mol. The maximum atomic E-state index is 6.67. The number of hydrogen-bond donors (Lipinski definition) is 0. The van der Waals surface area contributed by atoms with E-state index in [4.69, 9.17) is 23.2 Å². The van der Waals surface area contributed by atoms with Gasteiger partial charge in [0.25, 0.3) is 0 Å². The summed E-state index contributed by atoms with van der Waals surface area (Å²) in [6, 6.07) is 0. The molecule has 5 aliphatic rings. The zero-order valence-electron chi connectivity index (χ0n) is 9.89. The van der Waals surface area contributed by atoms with Crippen molar-refractivity contribution in [3.05, 3.63) is 0 Å². The third-order valence-corrected chi connectivity index (χ3v) is 7.59. The van der Waals surface area contributed by atoms with Gasteiger partial charge in [0.15, 0.2) is 0 Å². The largest absolute Gasteiger partial charge is 0.128 e. The van der Waals surface area contributed by atoms with Gasteiger partial charge in [-0.05, 0) is 62.2 Å². The second-order valence-corrected chi connectivity index (χ2v) is 8.21. The molecule has 0 aromatic rings. The van der Waals surface area contributed by atoms with Crippen molar-refractivity contribution < 1.29 is 0 Å². The standard InChI is InChI=1S/C14H20Cl2/c1-2-12-13(14(12,15)16)10-4-8-3-9(6-10)7-11(13)5-8/h8-12H,2-7H2,1H3. The van der Waals surface area contributed by atoms with E-state index < -0.39 is 0 Å². The quantitative estimate of drug-likeness (QED) is 0.602. The van der Waals surface area contributed by atoms with Gasteiger partial charge in [-0.2, -0.15) is 0 Å². The monoisotopic (exact) mass is 258 g/mol. The minimum Gasteiger partial charge on any atom is -0.101 e. The van der Waals surface area contributed by atoms with Crippen LogP contribution in [0.4, 0.5) is 0 Å². The molecule has 0 radical (unpaired) electrons. The molecular formula is C14H20Cl2. The Hall–Kier alpha value is 0.580. The second kappa shape index (κ2) is 2.94. The van der Waals surface area contributed by atoms with Gasteiger partial charge in [-0.15, -0.1) is 23.2 Å². The minimum atomic E-state index is -0.371. The maximum Gasteiger partial charge on any atom is 0.128 e. The fourth-order valence-electron chi connectivity index (χ4n) is 6.19. The Kier molecular flexibility index (Phi) is 1.93. The fourth-order valence-corrected chi connectivity index (χ4v) is 7.63. The van der Waals surface area contributed by atoms with Crippen LogP contribution in [0.3, 0.4) is 0 Å². The van der Waals surface area contributed by atoms with Gasteiger partial charge in [0.2, 0.25) is 0 Å². The molecule has 0 nitrogen and oxygen atoms in total. The highest BCUT2D eigenvalue weighted by Crippen LogP contribution is 2.83. The van der Waals surface area contributed by atoms with Crippen molar-refractivity contribution in [3.63, 3.8) is 0 Å². The summed E-state index contributed by atoms with van der Waals surface area (Å²) in [5.74, 6) is 4.37. The fraction of sp³-hybridized carbons (Fsp3) is 1.00. The Labute approximate surface area is 108 Å². The van der Waals surface area contributed by atoms with Crippen LogP contribution in [0.25, 0.3) is 0 Å². The maximum absolute atomic E-state index is 6.67. The molecule has 1 atom stereocenters. The van der Waals surface area contributed by atoms with Gasteiger partial charge in [-0.25, -0.2) is 0 Å². The summed E-state index contributed by atoms with van der Waals surface area (Å²) in [7, 11) is 0. The lowest BCUT2D eigenvalue weighted by molar-refractivity contribution is -0.0613. The van der Waals surface area contributed by atoms with Crippen LogP contribution in [-0.4, -0.2) is 4.33 Å². The summed E-state index contributed by atoms with van der Waals surface area (Å²) >= 11 is 13.3. The van der Waals surface area contributed by atoms with Gasteiger partial charge >= 0.3 is 0 Å². The molecule has 0 aromatic heterocycles. The normalized spacial score (nSPS) is 60.6. The van der Waals surface area contributed by atoms with E-state index in [2.05, 4.69) is 6.92 Å². The highest BCUT2D eigenvalue weighted by Gasteiger charge is 2.82. The van der Waals surface area contributed by atoms with E-state index in [1.807, 2.05) is 0 Å². The number of hydrogen-bond acceptors (Lipinski definition) is 0. The van der Waals surface area contributed by atoms with Crippen molar-refractivity contribution in [1.29, 1.82) is 0 Å². The molecule has 16 heavy (non-hydrogen) atoms. The molecule has 4 bridgehead atoms. The first-order chi connectivity index (χ1) is 7.60. The molecule has 0 N–H and O–H groups in total. The smallest absolute Gasteiger partial charge is 0.101 e. The van der Waals surface area contributed by atoms with E-state index in [0.29, 0.717) is 11.3 Å². The van der Waals surface area contributed by atoms with Crippen molar-refractivity contribution in [2.45, 2.75) is 49.8 Å². The summed E-state index contributed by atoms with van der Waals surface area (Å²) in [6.07, 6.45) is 8.43. The average Bonchev–Trinajstić information content (AvgIpc) is 2.71. The lowest BCUT2D eigenvalue weighted by Gasteiger charge is -2.56. The van der Waals surface area contributed by atoms with Crippen LogP contribution in [0.15, 0.2) is 0 Å². The molecule has 0 aliphatic heterocycles. The van der Waals surface area contributed by atoms with E-state index in [-0.39, 0.29) is 4.33 Å². The van der Waals surface area contributed by atoms with E-state index in [0.717, 1.165) is 23.7 Å². The predicted molar refractivity (Wildman–Crippen MR) is 67.7 cm³/mol. The Morgan fingerprint density at radius 2 is 1.44 bits per heavy atom. The lowest BCUT2D eigenvalue weighted by atomic mass is 9.49. The topological polar surface area (TPSA) is 0 Å². The number of rotatable bonds is 1. The Bertz CT molecular complexity index is 306. The summed E-state index contributed by atoms with van der Waals surface area (Å²) < 4.78 is -0.371. The Morgan fingerprint density at radius 1 is 0.938 bits per heavy atom. The third-order valence-electron chi connectivity index (χ3n) is 6.41. The Balaban J connectivity index is 1.76. The molecule has 0 saturated heterocycles. The predicted octanol–water partition coefficient (Wildman–Crippen LogP) is 4.64. The van der Waals surface area contributed by atoms with Gasteiger partial charge in [0.05, 0.1) is 0 Å². The van der Waals surface area contributed by atoms with Crippen LogP contribution in [0, 0.1) is 35.0 Å². The van der Waals surface area contributed by atoms with Gasteiger partial charge in [0.1, 0.15) is 4.33 Å². The molecule has 0 heterocycles. The van der Waals surface area contributed by atoms with E-state index in [9.17, 15) is 0 Å². The van der Waals surface area contributed by atoms with Crippen molar-refractivity contribution in [1.82, 2.24) is 0 Å². The molecule has 5 saturated carbocycles. The van der Waals surface area contributed by atoms with Gasteiger partial charge in [-0.1, -0.05) is 6.92 Å². The zero-order chi connectivity index (χ0) is 11.1. The summed E-state index contributed by atoms with van der Waals surface area (Å²) in [6.45, 7) is 2.27. The first-order valence-electron chi connectivity index (χ1n) is 6.98. The minimum absolute atomic E-state index is 0.346. The molecule has 2 heteroatoms. The third kappa shape index (κ3) is 0.937. The summed E-state index contributed by atoms with van der Waals surface area (Å²) in [4.78, 5) is 0. The second-order valence-electron chi connectivity index (χ2n) is 6.82. The van der Waals surface area contributed by atoms with Gasteiger partial charge in [-0.3, -0.25) is 0 Å². The molecule has 5 fully saturated rings. The molecule has 90 valence electrons. The van der Waals surface area contributed by atoms with Crippen molar-refractivity contribution >= 4 is 23.2 Å². The molecule has 0 aromatic carbocycles. The molecule has 1 unspecified atom stereocenters. The number of alkyl halides is 2. The SMILES string of the molecule is CCC1C(Cl)(Cl)C12C1CC3CC(C1)CC2C3. The van der Waals surface area contributed by atoms with Crippen LogP contribution in [0.2, 0.25) is 0 Å². The van der Waals surface area contributed by atoms with Crippen molar-refractivity contribution in [2.75, 3.05) is 0 Å². The highest BCUT2D eigenvalue weighted by atomic mass is 35.5. The van der Waals surface area contributed by atoms with E-state index in [1.165, 1.54) is 38.5 Å². The summed E-state index contributed by atoms with van der Waals surface area (Å²) in [5.41, 5.74) is 0.346. The molecule has 0 amide bonds. The van der Waals surface area contributed by atoms with E-state index in [1.54, 1.807) is 0 Å². The lowest BCUT2D eigenvalue weighted by Crippen LogP contribution is -2.49. The van der Waals surface area contributed by atoms with Crippen LogP contribution < -0.4 is 0 Å². The molecular weight excluding hydrogens is 239 g/mol. The molecule has 1 spiro atoms. The van der Waals surface area contributed by atoms with Crippen molar-refractivity contribution in [3.8, 4) is 0 Å². The van der Waals surface area contributed by atoms with Gasteiger partial charge in [0, 0.05) is 11.3 Å². The highest BCUT2D eigenvalue weighted by molar-refractivity contribution is 6.52. The first-order valence-corrected chi connectivity index (χ1v) is 7.74. The molecule has 5 rings (SSSR count). The van der Waals surface area contributed by atoms with Crippen molar-refractivity contribution in [2.24, 2.45) is 35.0 Å². The van der Waals surface area contributed by atoms with E-state index >= 15 is 0 Å². The Morgan fingerprint density at radius 3 is 1.81 bits per heavy atom. The van der Waals surface area contributed by atoms with Crippen LogP contribution in [-0.2, 0) is 0 Å². The summed E-state index contributed by atoms with van der Waals surface area (Å²) in [5, 5.41) is 0. The zero-order valence-corrected chi connectivity index (χ0v) is 11.4. The molecule has 5 aliphatic carbocycles. The first kappa shape index (κ1) is 10.5. The number of halogens is 2.